The Labute approximate surface area is 372 Å². The van der Waals surface area contributed by atoms with Crippen LogP contribution >= 0.6 is 0 Å². The van der Waals surface area contributed by atoms with Gasteiger partial charge in [-0.2, -0.15) is 0 Å². The van der Waals surface area contributed by atoms with E-state index in [0.29, 0.717) is 11.8 Å². The lowest BCUT2D eigenvalue weighted by Crippen LogP contribution is -2.15. The number of nitrogens with zero attached hydrogens (tertiary/aromatic N) is 2. The Hall–Kier alpha value is -7.56. The lowest BCUT2D eigenvalue weighted by Gasteiger charge is -2.32. The van der Waals surface area contributed by atoms with Gasteiger partial charge in [-0.3, -0.25) is 0 Å². The molecule has 0 saturated carbocycles. The van der Waals surface area contributed by atoms with E-state index >= 15 is 0 Å². The first-order valence-electron chi connectivity index (χ1n) is 22.6. The number of para-hydroxylation sites is 4. The van der Waals surface area contributed by atoms with Crippen LogP contribution in [-0.4, -0.2) is 0 Å². The number of anilines is 6. The van der Waals surface area contributed by atoms with Gasteiger partial charge >= 0.3 is 0 Å². The van der Waals surface area contributed by atoms with Crippen LogP contribution < -0.4 is 9.80 Å². The van der Waals surface area contributed by atoms with Crippen molar-refractivity contribution < 1.29 is 8.83 Å². The zero-order valence-corrected chi connectivity index (χ0v) is 37.0. The normalized spacial score (nSPS) is 12.2. The molecular formula is C60H48N2O2. The van der Waals surface area contributed by atoms with Crippen LogP contribution in [0.15, 0.2) is 179 Å². The Morgan fingerprint density at radius 1 is 0.344 bits per heavy atom. The smallest absolute Gasteiger partial charge is 0.159 e. The molecule has 64 heavy (non-hydrogen) atoms. The molecule has 0 fully saturated rings. The molecule has 12 rings (SSSR count). The molecule has 0 N–H and O–H groups in total. The van der Waals surface area contributed by atoms with E-state index in [1.54, 1.807) is 0 Å². The van der Waals surface area contributed by atoms with E-state index in [-0.39, 0.29) is 0 Å². The lowest BCUT2D eigenvalue weighted by atomic mass is 9.88. The van der Waals surface area contributed by atoms with E-state index in [4.69, 9.17) is 8.83 Å². The molecule has 0 unspecified atom stereocenters. The minimum Gasteiger partial charge on any atom is -0.454 e. The minimum atomic E-state index is 0.394. The predicted molar refractivity (Wildman–Crippen MR) is 272 cm³/mol. The Morgan fingerprint density at radius 2 is 0.734 bits per heavy atom. The van der Waals surface area contributed by atoms with Crippen LogP contribution in [0.1, 0.15) is 61.8 Å². The van der Waals surface area contributed by atoms with Crippen molar-refractivity contribution in [1.29, 1.82) is 0 Å². The van der Waals surface area contributed by atoms with Crippen molar-refractivity contribution in [3.05, 3.63) is 192 Å². The zero-order chi connectivity index (χ0) is 43.4. The second-order valence-electron chi connectivity index (χ2n) is 18.2. The predicted octanol–water partition coefficient (Wildman–Crippen LogP) is 18.2. The van der Waals surface area contributed by atoms with E-state index in [1.807, 2.05) is 0 Å². The zero-order valence-electron chi connectivity index (χ0n) is 37.0. The summed E-state index contributed by atoms with van der Waals surface area (Å²) < 4.78 is 13.8. The molecule has 4 nitrogen and oxygen atoms in total. The van der Waals surface area contributed by atoms with Crippen LogP contribution in [0.4, 0.5) is 34.1 Å². The molecule has 0 aliphatic carbocycles. The summed E-state index contributed by atoms with van der Waals surface area (Å²) in [6.45, 7) is 13.5. The molecule has 310 valence electrons. The summed E-state index contributed by atoms with van der Waals surface area (Å²) >= 11 is 0. The number of rotatable bonds is 8. The highest BCUT2D eigenvalue weighted by Gasteiger charge is 2.28. The van der Waals surface area contributed by atoms with E-state index in [9.17, 15) is 0 Å². The van der Waals surface area contributed by atoms with Crippen molar-refractivity contribution in [2.24, 2.45) is 0 Å². The summed E-state index contributed by atoms with van der Waals surface area (Å²) in [4.78, 5) is 4.87. The highest BCUT2D eigenvalue weighted by molar-refractivity contribution is 6.30. The van der Waals surface area contributed by atoms with E-state index in [1.165, 1.54) is 54.6 Å². The standard InChI is InChI=1S/C60H48N2O2/c1-35(2)39-21-25-41(26-22-39)61(51-17-11-15-47-45-13-7-9-19-55(45)63-59(47)51)53-34-54(50-32-30-44-38(6)33-37(5)43-29-31-49(53)58(50)57(43)44)62(42-27-23-40(24-28-42)36(3)4)52-18-12-16-48-46-14-8-10-20-56(46)64-60(48)52/h7-36H,1-6H3. The van der Waals surface area contributed by atoms with Crippen molar-refractivity contribution in [3.63, 3.8) is 0 Å². The Kier molecular flexibility index (Phi) is 8.64. The van der Waals surface area contributed by atoms with Gasteiger partial charge < -0.3 is 18.6 Å². The van der Waals surface area contributed by atoms with E-state index < -0.39 is 0 Å². The minimum absolute atomic E-state index is 0.394. The summed E-state index contributed by atoms with van der Waals surface area (Å²) in [5, 5.41) is 11.8. The third-order valence-corrected chi connectivity index (χ3v) is 13.6. The number of furan rings is 2. The fraction of sp³-hybridized carbons (Fsp3) is 0.133. The van der Waals surface area contributed by atoms with Crippen LogP contribution in [0.5, 0.6) is 0 Å². The molecule has 0 spiro atoms. The molecular weight excluding hydrogens is 781 g/mol. The molecule has 12 aromatic rings. The summed E-state index contributed by atoms with van der Waals surface area (Å²) in [5.41, 5.74) is 14.8. The van der Waals surface area contributed by atoms with Gasteiger partial charge in [-0.15, -0.1) is 0 Å². The Morgan fingerprint density at radius 3 is 1.17 bits per heavy atom. The second-order valence-corrected chi connectivity index (χ2v) is 18.2. The number of hydrogen-bond donors (Lipinski definition) is 0. The summed E-state index contributed by atoms with van der Waals surface area (Å²) in [6, 6.07) is 62.2. The largest absolute Gasteiger partial charge is 0.454 e. The maximum absolute atomic E-state index is 6.89. The third-order valence-electron chi connectivity index (χ3n) is 13.6. The highest BCUT2D eigenvalue weighted by atomic mass is 16.3. The van der Waals surface area contributed by atoms with Crippen LogP contribution in [0.25, 0.3) is 76.2 Å². The van der Waals surface area contributed by atoms with Gasteiger partial charge in [0.05, 0.1) is 22.7 Å². The number of benzene rings is 10. The molecule has 0 saturated heterocycles. The van der Waals surface area contributed by atoms with Crippen LogP contribution in [0, 0.1) is 13.8 Å². The Balaban J connectivity index is 1.25. The van der Waals surface area contributed by atoms with Gasteiger partial charge in [0, 0.05) is 49.1 Å². The van der Waals surface area contributed by atoms with Crippen molar-refractivity contribution in [2.75, 3.05) is 9.80 Å². The van der Waals surface area contributed by atoms with Crippen LogP contribution in [-0.2, 0) is 0 Å². The number of fused-ring (bicyclic) bond motifs is 6. The average Bonchev–Trinajstić information content (AvgIpc) is 3.90. The number of hydrogen-bond acceptors (Lipinski definition) is 4. The topological polar surface area (TPSA) is 32.8 Å². The second kappa shape index (κ2) is 14.5. The first-order chi connectivity index (χ1) is 31.2. The first kappa shape index (κ1) is 38.1. The third kappa shape index (κ3) is 5.75. The van der Waals surface area contributed by atoms with Crippen LogP contribution in [0.2, 0.25) is 0 Å². The molecule has 0 amide bonds. The number of aryl methyl sites for hydroxylation is 2. The van der Waals surface area contributed by atoms with Crippen molar-refractivity contribution in [3.8, 4) is 0 Å². The van der Waals surface area contributed by atoms with Crippen LogP contribution in [0.3, 0.4) is 0 Å². The maximum Gasteiger partial charge on any atom is 0.159 e. The SMILES string of the molecule is Cc1cc(C)c2ccc3c(N(c4ccc(C(C)C)cc4)c4cccc5c4oc4ccccc45)cc(N(c4ccc(C(C)C)cc4)c4cccc5c4oc4ccccc45)c4ccc1c2c43. The molecule has 0 aliphatic rings. The Bertz CT molecular complexity index is 3520. The van der Waals surface area contributed by atoms with Gasteiger partial charge in [0.25, 0.3) is 0 Å². The highest BCUT2D eigenvalue weighted by Crippen LogP contribution is 2.53. The van der Waals surface area contributed by atoms with Crippen molar-refractivity contribution >= 4 is 110 Å². The van der Waals surface area contributed by atoms with Gasteiger partial charge in [0.1, 0.15) is 11.2 Å². The summed E-state index contributed by atoms with van der Waals surface area (Å²) in [5.74, 6) is 0.788. The first-order valence-corrected chi connectivity index (χ1v) is 22.6. The van der Waals surface area contributed by atoms with Gasteiger partial charge in [0.2, 0.25) is 0 Å². The average molecular weight is 829 g/mol. The molecule has 0 aliphatic heterocycles. The fourth-order valence-corrected chi connectivity index (χ4v) is 10.4. The van der Waals surface area contributed by atoms with Gasteiger partial charge in [-0.1, -0.05) is 143 Å². The molecule has 2 heterocycles. The molecule has 2 aromatic heterocycles. The fourth-order valence-electron chi connectivity index (χ4n) is 10.4. The van der Waals surface area contributed by atoms with Crippen molar-refractivity contribution in [2.45, 2.75) is 53.4 Å². The molecule has 0 atom stereocenters. The molecule has 0 bridgehead atoms. The van der Waals surface area contributed by atoms with Gasteiger partial charge in [0.15, 0.2) is 11.2 Å². The van der Waals surface area contributed by atoms with Gasteiger partial charge in [-0.05, 0) is 119 Å². The monoisotopic (exact) mass is 828 g/mol. The van der Waals surface area contributed by atoms with E-state index in [2.05, 4.69) is 221 Å². The summed E-state index contributed by atoms with van der Waals surface area (Å²) in [7, 11) is 0. The lowest BCUT2D eigenvalue weighted by molar-refractivity contribution is 0.669. The van der Waals surface area contributed by atoms with Gasteiger partial charge in [-0.25, -0.2) is 0 Å². The quantitative estimate of drug-likeness (QED) is 0.143. The van der Waals surface area contributed by atoms with E-state index in [0.717, 1.165) is 78.0 Å². The summed E-state index contributed by atoms with van der Waals surface area (Å²) in [6.07, 6.45) is 0. The molecule has 4 heteroatoms. The van der Waals surface area contributed by atoms with Crippen molar-refractivity contribution in [1.82, 2.24) is 0 Å². The molecule has 10 aromatic carbocycles. The maximum atomic E-state index is 6.89. The molecule has 0 radical (unpaired) electrons.